The molecule has 1 aromatic carbocycles. The minimum absolute atomic E-state index is 0.0848. The van der Waals surface area contributed by atoms with E-state index in [9.17, 15) is 4.79 Å². The van der Waals surface area contributed by atoms with E-state index in [0.717, 1.165) is 17.0 Å². The summed E-state index contributed by atoms with van der Waals surface area (Å²) in [5.41, 5.74) is 7.29. The molecular weight excluding hydrogens is 192 g/mol. The summed E-state index contributed by atoms with van der Waals surface area (Å²) in [6.45, 7) is 2.02. The topological polar surface area (TPSA) is 64.3 Å². The fourth-order valence-electron chi connectivity index (χ4n) is 1.37. The Morgan fingerprint density at radius 2 is 2.27 bits per heavy atom. The zero-order valence-corrected chi connectivity index (χ0v) is 9.04. The molecule has 82 valence electrons. The maximum absolute atomic E-state index is 11.0. The van der Waals surface area contributed by atoms with E-state index in [1.54, 1.807) is 7.11 Å². The molecule has 0 heterocycles. The van der Waals surface area contributed by atoms with Gasteiger partial charge in [0, 0.05) is 12.6 Å². The molecule has 0 radical (unpaired) electrons. The summed E-state index contributed by atoms with van der Waals surface area (Å²) >= 11 is 0. The van der Waals surface area contributed by atoms with Crippen molar-refractivity contribution in [3.8, 4) is 5.75 Å². The van der Waals surface area contributed by atoms with Gasteiger partial charge in [0.2, 0.25) is 5.91 Å². The average molecular weight is 208 g/mol. The lowest BCUT2D eigenvalue weighted by molar-refractivity contribution is -0.114. The molecule has 0 bridgehead atoms. The van der Waals surface area contributed by atoms with Gasteiger partial charge in [-0.3, -0.25) is 4.79 Å². The average Bonchev–Trinajstić information content (AvgIpc) is 2.20. The number of benzene rings is 1. The van der Waals surface area contributed by atoms with E-state index in [1.807, 2.05) is 18.2 Å². The number of ether oxygens (including phenoxy) is 1. The van der Waals surface area contributed by atoms with Gasteiger partial charge in [0.25, 0.3) is 0 Å². The van der Waals surface area contributed by atoms with Crippen LogP contribution in [0.5, 0.6) is 5.75 Å². The van der Waals surface area contributed by atoms with Crippen LogP contribution in [0.25, 0.3) is 0 Å². The Labute approximate surface area is 89.4 Å². The molecule has 0 spiro atoms. The second kappa shape index (κ2) is 5.36. The molecule has 0 aliphatic carbocycles. The summed E-state index contributed by atoms with van der Waals surface area (Å²) in [6.07, 6.45) is 0.715. The monoisotopic (exact) mass is 208 g/mol. The summed E-state index contributed by atoms with van der Waals surface area (Å²) in [4.78, 5) is 11.0. The highest BCUT2D eigenvalue weighted by molar-refractivity contribution is 5.89. The molecule has 1 amide bonds. The fourth-order valence-corrected chi connectivity index (χ4v) is 1.37. The third-order valence-electron chi connectivity index (χ3n) is 2.04. The number of anilines is 1. The number of nitrogens with one attached hydrogen (secondary N) is 1. The molecule has 4 nitrogen and oxygen atoms in total. The van der Waals surface area contributed by atoms with Crippen molar-refractivity contribution < 1.29 is 9.53 Å². The third-order valence-corrected chi connectivity index (χ3v) is 2.04. The first-order chi connectivity index (χ1) is 7.17. The zero-order valence-electron chi connectivity index (χ0n) is 9.04. The molecule has 3 N–H and O–H groups in total. The summed E-state index contributed by atoms with van der Waals surface area (Å²) in [6, 6.07) is 5.52. The van der Waals surface area contributed by atoms with Crippen LogP contribution in [0, 0.1) is 0 Å². The summed E-state index contributed by atoms with van der Waals surface area (Å²) in [7, 11) is 1.61. The third kappa shape index (κ3) is 3.25. The van der Waals surface area contributed by atoms with E-state index in [2.05, 4.69) is 5.32 Å². The molecule has 0 aliphatic heterocycles. The molecule has 15 heavy (non-hydrogen) atoms. The summed E-state index contributed by atoms with van der Waals surface area (Å²) in [5.74, 6) is 0.686. The van der Waals surface area contributed by atoms with E-state index in [-0.39, 0.29) is 5.91 Å². The number of amides is 1. The number of hydrogen-bond acceptors (Lipinski definition) is 3. The van der Waals surface area contributed by atoms with Gasteiger partial charge in [0.05, 0.1) is 7.11 Å². The standard InChI is InChI=1S/C11H16N2O2/c1-8(14)13-11-4-3-10(15-2)7-9(11)5-6-12/h3-4,7H,5-6,12H2,1-2H3,(H,13,14). The van der Waals surface area contributed by atoms with Crippen molar-refractivity contribution in [2.24, 2.45) is 5.73 Å². The maximum atomic E-state index is 11.0. The van der Waals surface area contributed by atoms with Gasteiger partial charge in [0.15, 0.2) is 0 Å². The Morgan fingerprint density at radius 1 is 1.53 bits per heavy atom. The Hall–Kier alpha value is -1.55. The lowest BCUT2D eigenvalue weighted by Gasteiger charge is -2.10. The molecular formula is C11H16N2O2. The molecule has 0 unspecified atom stereocenters. The maximum Gasteiger partial charge on any atom is 0.221 e. The molecule has 1 rings (SSSR count). The van der Waals surface area contributed by atoms with E-state index >= 15 is 0 Å². The lowest BCUT2D eigenvalue weighted by atomic mass is 10.1. The number of methoxy groups -OCH3 is 1. The van der Waals surface area contributed by atoms with E-state index in [4.69, 9.17) is 10.5 Å². The molecule has 0 fully saturated rings. The minimum atomic E-state index is -0.0848. The second-order valence-corrected chi connectivity index (χ2v) is 3.24. The second-order valence-electron chi connectivity index (χ2n) is 3.24. The van der Waals surface area contributed by atoms with E-state index in [1.165, 1.54) is 6.92 Å². The molecule has 4 heteroatoms. The van der Waals surface area contributed by atoms with Crippen molar-refractivity contribution in [2.75, 3.05) is 19.0 Å². The van der Waals surface area contributed by atoms with Gasteiger partial charge in [0.1, 0.15) is 5.75 Å². The highest BCUT2D eigenvalue weighted by atomic mass is 16.5. The van der Waals surface area contributed by atoms with Crippen LogP contribution >= 0.6 is 0 Å². The highest BCUT2D eigenvalue weighted by Crippen LogP contribution is 2.22. The smallest absolute Gasteiger partial charge is 0.221 e. The molecule has 0 atom stereocenters. The summed E-state index contributed by atoms with van der Waals surface area (Å²) < 4.78 is 5.11. The van der Waals surface area contributed by atoms with Crippen LogP contribution in [0.15, 0.2) is 18.2 Å². The normalized spacial score (nSPS) is 9.80. The fraction of sp³-hybridized carbons (Fsp3) is 0.364. The quantitative estimate of drug-likeness (QED) is 0.780. The van der Waals surface area contributed by atoms with Crippen LogP contribution in [0.4, 0.5) is 5.69 Å². The van der Waals surface area contributed by atoms with Gasteiger partial charge in [-0.2, -0.15) is 0 Å². The molecule has 0 aliphatic rings. The Bertz CT molecular complexity index is 350. The number of hydrogen-bond donors (Lipinski definition) is 2. The molecule has 0 saturated heterocycles. The van der Waals surface area contributed by atoms with Crippen LogP contribution < -0.4 is 15.8 Å². The molecule has 1 aromatic rings. The van der Waals surface area contributed by atoms with Gasteiger partial charge >= 0.3 is 0 Å². The van der Waals surface area contributed by atoms with Crippen LogP contribution in [0.2, 0.25) is 0 Å². The predicted octanol–water partition coefficient (Wildman–Crippen LogP) is 1.15. The SMILES string of the molecule is COc1ccc(NC(C)=O)c(CCN)c1. The number of carbonyl (C=O) groups excluding carboxylic acids is 1. The first kappa shape index (κ1) is 11.5. The van der Waals surface area contributed by atoms with Gasteiger partial charge < -0.3 is 15.8 Å². The van der Waals surface area contributed by atoms with Crippen molar-refractivity contribution in [1.29, 1.82) is 0 Å². The Balaban J connectivity index is 2.97. The van der Waals surface area contributed by atoms with Crippen LogP contribution in [-0.2, 0) is 11.2 Å². The largest absolute Gasteiger partial charge is 0.497 e. The van der Waals surface area contributed by atoms with Crippen LogP contribution in [-0.4, -0.2) is 19.6 Å². The van der Waals surface area contributed by atoms with Crippen molar-refractivity contribution in [3.63, 3.8) is 0 Å². The molecule has 0 aromatic heterocycles. The van der Waals surface area contributed by atoms with Gasteiger partial charge in [-0.15, -0.1) is 0 Å². The zero-order chi connectivity index (χ0) is 11.3. The van der Waals surface area contributed by atoms with Crippen molar-refractivity contribution in [2.45, 2.75) is 13.3 Å². The Morgan fingerprint density at radius 3 is 2.80 bits per heavy atom. The number of nitrogens with two attached hydrogens (primary N) is 1. The van der Waals surface area contributed by atoms with E-state index < -0.39 is 0 Å². The predicted molar refractivity (Wildman–Crippen MR) is 60.1 cm³/mol. The highest BCUT2D eigenvalue weighted by Gasteiger charge is 2.04. The van der Waals surface area contributed by atoms with Gasteiger partial charge in [-0.1, -0.05) is 0 Å². The lowest BCUT2D eigenvalue weighted by Crippen LogP contribution is -2.11. The van der Waals surface area contributed by atoms with Gasteiger partial charge in [-0.05, 0) is 36.7 Å². The van der Waals surface area contributed by atoms with Crippen LogP contribution in [0.1, 0.15) is 12.5 Å². The van der Waals surface area contributed by atoms with Crippen LogP contribution in [0.3, 0.4) is 0 Å². The first-order valence-electron chi connectivity index (χ1n) is 4.82. The first-order valence-corrected chi connectivity index (χ1v) is 4.82. The van der Waals surface area contributed by atoms with Crippen molar-refractivity contribution in [3.05, 3.63) is 23.8 Å². The van der Waals surface area contributed by atoms with Gasteiger partial charge in [-0.25, -0.2) is 0 Å². The number of carbonyl (C=O) groups is 1. The van der Waals surface area contributed by atoms with E-state index in [0.29, 0.717) is 13.0 Å². The summed E-state index contributed by atoms with van der Waals surface area (Å²) in [5, 5.41) is 2.76. The van der Waals surface area contributed by atoms with Crippen molar-refractivity contribution >= 4 is 11.6 Å². The minimum Gasteiger partial charge on any atom is -0.497 e. The number of rotatable bonds is 4. The Kier molecular flexibility index (Phi) is 4.12. The van der Waals surface area contributed by atoms with Crippen molar-refractivity contribution in [1.82, 2.24) is 0 Å². The molecule has 0 saturated carbocycles.